The van der Waals surface area contributed by atoms with Gasteiger partial charge in [0.2, 0.25) is 29.6 Å². The zero-order chi connectivity index (χ0) is 45.8. The summed E-state index contributed by atoms with van der Waals surface area (Å²) in [6.07, 6.45) is 9.80. The maximum absolute atomic E-state index is 15.2. The zero-order valence-corrected chi connectivity index (χ0v) is 37.1. The second-order valence-electron chi connectivity index (χ2n) is 18.9. The van der Waals surface area contributed by atoms with Crippen LogP contribution in [-0.2, 0) is 19.2 Å². The Balaban J connectivity index is 0.795. The van der Waals surface area contributed by atoms with Crippen LogP contribution in [0.2, 0.25) is 0 Å². The zero-order valence-electron chi connectivity index (χ0n) is 37.1. The third-order valence-electron chi connectivity index (χ3n) is 15.0. The van der Waals surface area contributed by atoms with E-state index < -0.39 is 34.9 Å². The van der Waals surface area contributed by atoms with Crippen LogP contribution in [0.5, 0.6) is 5.75 Å². The van der Waals surface area contributed by atoms with E-state index in [4.69, 9.17) is 9.72 Å². The van der Waals surface area contributed by atoms with Crippen molar-refractivity contribution in [2.24, 2.45) is 11.3 Å². The van der Waals surface area contributed by atoms with E-state index in [1.54, 1.807) is 41.2 Å². The van der Waals surface area contributed by atoms with Crippen molar-refractivity contribution < 1.29 is 42.6 Å². The first-order chi connectivity index (χ1) is 31.2. The number of nitrogens with one attached hydrogen (secondary N) is 3. The Morgan fingerprint density at radius 2 is 1.71 bits per heavy atom. The van der Waals surface area contributed by atoms with Crippen molar-refractivity contribution in [2.45, 2.75) is 108 Å². The van der Waals surface area contributed by atoms with E-state index >= 15 is 8.78 Å². The van der Waals surface area contributed by atoms with Crippen molar-refractivity contribution in [1.82, 2.24) is 25.5 Å². The van der Waals surface area contributed by atoms with Crippen molar-refractivity contribution >= 4 is 58.4 Å². The van der Waals surface area contributed by atoms with E-state index in [0.29, 0.717) is 86.2 Å². The largest absolute Gasteiger partial charge is 0.495 e. The second-order valence-corrected chi connectivity index (χ2v) is 18.9. The Hall–Kier alpha value is -5.91. The SMILES string of the molecule is CC[C@@H]1C(=O)N(C)c2cnc(Nc3ccc(C(=O)NC4(CCO)CCC5(CC4)CN(C(=O)C4CN(c6cc(F)c(C7CCC(=O)NC7=O)c(F)c6)C4)C5)cc3OC)nc2N1C1CCCC1. The van der Waals surface area contributed by atoms with Crippen LogP contribution < -0.4 is 35.4 Å². The van der Waals surface area contributed by atoms with Gasteiger partial charge in [-0.2, -0.15) is 4.98 Å². The molecule has 9 rings (SSSR count). The number of likely N-dealkylation sites (tertiary alicyclic amines) is 1. The third-order valence-corrected chi connectivity index (χ3v) is 15.0. The van der Waals surface area contributed by atoms with E-state index in [0.717, 1.165) is 44.3 Å². The number of anilines is 5. The Kier molecular flexibility index (Phi) is 11.9. The number of carbonyl (C=O) groups is 5. The van der Waals surface area contributed by atoms with Gasteiger partial charge in [0, 0.05) is 80.1 Å². The summed E-state index contributed by atoms with van der Waals surface area (Å²) in [5, 5.41) is 18.8. The lowest BCUT2D eigenvalue weighted by atomic mass is 9.62. The molecule has 5 heterocycles. The van der Waals surface area contributed by atoms with Gasteiger partial charge < -0.3 is 40.1 Å². The van der Waals surface area contributed by atoms with E-state index in [9.17, 15) is 29.1 Å². The number of ether oxygens (including phenoxy) is 1. The third kappa shape index (κ3) is 8.22. The number of imide groups is 1. The maximum Gasteiger partial charge on any atom is 0.251 e. The Morgan fingerprint density at radius 3 is 2.35 bits per heavy atom. The number of methoxy groups -OCH3 is 1. The predicted octanol–water partition coefficient (Wildman–Crippen LogP) is 4.92. The highest BCUT2D eigenvalue weighted by atomic mass is 19.1. The van der Waals surface area contributed by atoms with Gasteiger partial charge in [-0.1, -0.05) is 19.8 Å². The van der Waals surface area contributed by atoms with Gasteiger partial charge in [0.05, 0.1) is 30.8 Å². The second kappa shape index (κ2) is 17.5. The first-order valence-electron chi connectivity index (χ1n) is 22.9. The molecule has 1 aromatic heterocycles. The predicted molar refractivity (Wildman–Crippen MR) is 237 cm³/mol. The van der Waals surface area contributed by atoms with Crippen LogP contribution in [-0.4, -0.2) is 114 Å². The average molecular weight is 898 g/mol. The van der Waals surface area contributed by atoms with Gasteiger partial charge in [0.25, 0.3) is 5.91 Å². The van der Waals surface area contributed by atoms with Crippen molar-refractivity contribution in [3.05, 3.63) is 59.3 Å². The number of carbonyl (C=O) groups excluding carboxylic acids is 5. The Morgan fingerprint density at radius 1 is 1.00 bits per heavy atom. The molecule has 2 atom stereocenters. The van der Waals surface area contributed by atoms with E-state index in [1.165, 1.54) is 19.2 Å². The molecule has 6 aliphatic rings. The fourth-order valence-corrected chi connectivity index (χ4v) is 11.1. The van der Waals surface area contributed by atoms with E-state index in [1.807, 2.05) is 11.8 Å². The molecular weight excluding hydrogens is 841 g/mol. The van der Waals surface area contributed by atoms with E-state index in [2.05, 4.69) is 25.8 Å². The molecule has 3 aromatic rings. The summed E-state index contributed by atoms with van der Waals surface area (Å²) in [5.74, 6) is -3.05. The summed E-state index contributed by atoms with van der Waals surface area (Å²) in [7, 11) is 3.29. The monoisotopic (exact) mass is 897 g/mol. The first kappa shape index (κ1) is 44.3. The summed E-state index contributed by atoms with van der Waals surface area (Å²) in [6, 6.07) is 7.43. The number of amides is 5. The van der Waals surface area contributed by atoms with Crippen LogP contribution in [0.25, 0.3) is 0 Å². The number of likely N-dealkylation sites (N-methyl/N-ethyl adjacent to an activating group) is 1. The number of aromatic nitrogens is 2. The Labute approximate surface area is 376 Å². The molecule has 5 fully saturated rings. The minimum atomic E-state index is -1.08. The van der Waals surface area contributed by atoms with Gasteiger partial charge in [-0.15, -0.1) is 0 Å². The number of hydrogen-bond donors (Lipinski definition) is 4. The standard InChI is InChI=1S/C47H57F2N9O7/c1-4-35-44(64)55(2)36-22-50-45(53-40(36)58(35)29-7-5-6-8-29)51-34-11-9-27(19-37(34)65-3)41(61)54-47(17-18-59)15-13-46(14-16-47)25-57(26-46)43(63)28-23-56(24-28)30-20-32(48)39(33(49)21-30)31-10-12-38(60)52-42(31)62/h9,11,19-22,28-29,31,35,59H,4-8,10,12-18,23-26H2,1-3H3,(H,54,61)(H,50,51,53)(H,52,60,62)/t31?,35-/m1/s1. The van der Waals surface area contributed by atoms with Gasteiger partial charge in [-0.25, -0.2) is 13.8 Å². The molecule has 18 heteroatoms. The van der Waals surface area contributed by atoms with Crippen LogP contribution >= 0.6 is 0 Å². The van der Waals surface area contributed by atoms with Gasteiger partial charge in [-0.3, -0.25) is 29.3 Å². The number of aliphatic hydroxyl groups excluding tert-OH is 1. The Bertz CT molecular complexity index is 2370. The number of benzene rings is 2. The lowest BCUT2D eigenvalue weighted by molar-refractivity contribution is -0.152. The van der Waals surface area contributed by atoms with Crippen LogP contribution in [0.3, 0.4) is 0 Å². The molecule has 3 saturated heterocycles. The molecule has 4 aliphatic heterocycles. The lowest BCUT2D eigenvalue weighted by Crippen LogP contribution is -2.66. The number of piperidine rings is 1. The highest BCUT2D eigenvalue weighted by Crippen LogP contribution is 2.49. The van der Waals surface area contributed by atoms with Crippen molar-refractivity contribution in [2.75, 3.05) is 67.0 Å². The molecule has 65 heavy (non-hydrogen) atoms. The van der Waals surface area contributed by atoms with Gasteiger partial charge in [-0.05, 0) is 88.1 Å². The molecule has 0 radical (unpaired) electrons. The number of nitrogens with zero attached hydrogens (tertiary/aromatic N) is 6. The lowest BCUT2D eigenvalue weighted by Gasteiger charge is -2.57. The molecule has 2 aliphatic carbocycles. The van der Waals surface area contributed by atoms with Gasteiger partial charge >= 0.3 is 0 Å². The van der Waals surface area contributed by atoms with Gasteiger partial charge in [0.15, 0.2) is 5.82 Å². The highest BCUT2D eigenvalue weighted by Gasteiger charge is 2.52. The molecule has 2 saturated carbocycles. The minimum absolute atomic E-state index is 0.00109. The summed E-state index contributed by atoms with van der Waals surface area (Å²) in [5.41, 5.74) is 0.845. The normalized spacial score (nSPS) is 22.9. The van der Waals surface area contributed by atoms with Crippen molar-refractivity contribution in [3.8, 4) is 5.75 Å². The quantitative estimate of drug-likeness (QED) is 0.180. The average Bonchev–Trinajstić information content (AvgIpc) is 3.79. The number of fused-ring (bicyclic) bond motifs is 1. The maximum atomic E-state index is 15.2. The molecule has 346 valence electrons. The van der Waals surface area contributed by atoms with Crippen molar-refractivity contribution in [1.29, 1.82) is 0 Å². The molecule has 4 N–H and O–H groups in total. The highest BCUT2D eigenvalue weighted by molar-refractivity contribution is 6.04. The number of rotatable bonds is 12. The van der Waals surface area contributed by atoms with E-state index in [-0.39, 0.29) is 66.2 Å². The molecular formula is C47H57F2N9O7. The minimum Gasteiger partial charge on any atom is -0.495 e. The van der Waals surface area contributed by atoms with Gasteiger partial charge in [0.1, 0.15) is 29.1 Å². The van der Waals surface area contributed by atoms with Crippen LogP contribution in [0.15, 0.2) is 36.5 Å². The fourth-order valence-electron chi connectivity index (χ4n) is 11.1. The fraction of sp³-hybridized carbons (Fsp3) is 0.553. The summed E-state index contributed by atoms with van der Waals surface area (Å²) in [6.45, 7) is 3.72. The number of aliphatic hydroxyl groups is 1. The molecule has 1 spiro atoms. The van der Waals surface area contributed by atoms with Crippen LogP contribution in [0.4, 0.5) is 37.6 Å². The number of halogens is 2. The van der Waals surface area contributed by atoms with Crippen molar-refractivity contribution in [3.63, 3.8) is 0 Å². The summed E-state index contributed by atoms with van der Waals surface area (Å²) in [4.78, 5) is 81.4. The first-order valence-corrected chi connectivity index (χ1v) is 22.9. The van der Waals surface area contributed by atoms with Crippen LogP contribution in [0, 0.1) is 23.0 Å². The van der Waals surface area contributed by atoms with Crippen LogP contribution in [0.1, 0.15) is 106 Å². The molecule has 1 unspecified atom stereocenters. The smallest absolute Gasteiger partial charge is 0.251 e. The molecule has 5 amide bonds. The molecule has 0 bridgehead atoms. The molecule has 2 aromatic carbocycles. The number of hydrogen-bond acceptors (Lipinski definition) is 12. The topological polar surface area (TPSA) is 190 Å². The summed E-state index contributed by atoms with van der Waals surface area (Å²) >= 11 is 0. The molecule has 16 nitrogen and oxygen atoms in total. The summed E-state index contributed by atoms with van der Waals surface area (Å²) < 4.78 is 36.1.